The predicted molar refractivity (Wildman–Crippen MR) is 65.3 cm³/mol. The molecule has 1 fully saturated rings. The SMILES string of the molecule is CC1CC1CNc1nc2ccc(F)cc2s1. The number of halogens is 1. The van der Waals surface area contributed by atoms with Gasteiger partial charge >= 0.3 is 0 Å². The van der Waals surface area contributed by atoms with Crippen molar-refractivity contribution in [2.75, 3.05) is 11.9 Å². The number of thiazole rings is 1. The molecule has 1 aromatic heterocycles. The van der Waals surface area contributed by atoms with Gasteiger partial charge in [-0.1, -0.05) is 18.3 Å². The molecular weight excluding hydrogens is 223 g/mol. The molecule has 2 atom stereocenters. The molecule has 1 saturated carbocycles. The van der Waals surface area contributed by atoms with Crippen LogP contribution in [-0.4, -0.2) is 11.5 Å². The van der Waals surface area contributed by atoms with Gasteiger partial charge in [-0.05, 0) is 36.5 Å². The van der Waals surface area contributed by atoms with Crippen LogP contribution < -0.4 is 5.32 Å². The molecule has 3 rings (SSSR count). The van der Waals surface area contributed by atoms with Gasteiger partial charge in [0.25, 0.3) is 0 Å². The average molecular weight is 236 g/mol. The van der Waals surface area contributed by atoms with Gasteiger partial charge in [0, 0.05) is 6.54 Å². The minimum Gasteiger partial charge on any atom is -0.361 e. The summed E-state index contributed by atoms with van der Waals surface area (Å²) in [6, 6.07) is 4.72. The molecule has 1 heterocycles. The van der Waals surface area contributed by atoms with Crippen molar-refractivity contribution in [2.45, 2.75) is 13.3 Å². The van der Waals surface area contributed by atoms with E-state index in [9.17, 15) is 4.39 Å². The van der Waals surface area contributed by atoms with Gasteiger partial charge in [0.1, 0.15) is 5.82 Å². The van der Waals surface area contributed by atoms with Crippen LogP contribution in [0.15, 0.2) is 18.2 Å². The summed E-state index contributed by atoms with van der Waals surface area (Å²) < 4.78 is 13.9. The van der Waals surface area contributed by atoms with Crippen molar-refractivity contribution >= 4 is 26.7 Å². The molecule has 0 spiro atoms. The quantitative estimate of drug-likeness (QED) is 0.882. The summed E-state index contributed by atoms with van der Waals surface area (Å²) in [5, 5.41) is 4.23. The Morgan fingerprint density at radius 3 is 3.12 bits per heavy atom. The zero-order valence-electron chi connectivity index (χ0n) is 9.03. The van der Waals surface area contributed by atoms with E-state index >= 15 is 0 Å². The number of aromatic nitrogens is 1. The lowest BCUT2D eigenvalue weighted by Gasteiger charge is -1.98. The largest absolute Gasteiger partial charge is 0.361 e. The van der Waals surface area contributed by atoms with Crippen LogP contribution >= 0.6 is 11.3 Å². The summed E-state index contributed by atoms with van der Waals surface area (Å²) in [5.41, 5.74) is 0.873. The van der Waals surface area contributed by atoms with Crippen LogP contribution in [0.5, 0.6) is 0 Å². The summed E-state index contributed by atoms with van der Waals surface area (Å²) in [4.78, 5) is 4.42. The number of hydrogen-bond donors (Lipinski definition) is 1. The van der Waals surface area contributed by atoms with Gasteiger partial charge in [0.15, 0.2) is 5.13 Å². The molecule has 0 saturated heterocycles. The van der Waals surface area contributed by atoms with E-state index in [-0.39, 0.29) is 5.82 Å². The fourth-order valence-electron chi connectivity index (χ4n) is 1.88. The Morgan fingerprint density at radius 2 is 2.38 bits per heavy atom. The highest BCUT2D eigenvalue weighted by molar-refractivity contribution is 7.22. The van der Waals surface area contributed by atoms with E-state index in [1.165, 1.54) is 29.9 Å². The van der Waals surface area contributed by atoms with E-state index in [0.29, 0.717) is 0 Å². The fourth-order valence-corrected chi connectivity index (χ4v) is 2.77. The number of rotatable bonds is 3. The van der Waals surface area contributed by atoms with Gasteiger partial charge < -0.3 is 5.32 Å². The minimum atomic E-state index is -0.196. The molecule has 1 aromatic carbocycles. The second-order valence-electron chi connectivity index (χ2n) is 4.49. The van der Waals surface area contributed by atoms with Crippen LogP contribution in [0.1, 0.15) is 13.3 Å². The summed E-state index contributed by atoms with van der Waals surface area (Å²) in [6.07, 6.45) is 1.31. The predicted octanol–water partition coefficient (Wildman–Crippen LogP) is 3.50. The molecule has 1 N–H and O–H groups in total. The molecule has 84 valence electrons. The molecule has 0 radical (unpaired) electrons. The number of hydrogen-bond acceptors (Lipinski definition) is 3. The maximum absolute atomic E-state index is 13.0. The van der Waals surface area contributed by atoms with Crippen molar-refractivity contribution in [3.63, 3.8) is 0 Å². The lowest BCUT2D eigenvalue weighted by molar-refractivity contribution is 0.630. The Bertz CT molecular complexity index is 523. The summed E-state index contributed by atoms with van der Waals surface area (Å²) in [7, 11) is 0. The van der Waals surface area contributed by atoms with Gasteiger partial charge in [0.05, 0.1) is 10.2 Å². The first kappa shape index (κ1) is 10.0. The first-order chi connectivity index (χ1) is 7.72. The Hall–Kier alpha value is -1.16. The number of nitrogens with one attached hydrogen (secondary N) is 1. The van der Waals surface area contributed by atoms with E-state index in [0.717, 1.165) is 33.7 Å². The molecular formula is C12H13FN2S. The van der Waals surface area contributed by atoms with Crippen molar-refractivity contribution in [2.24, 2.45) is 11.8 Å². The van der Waals surface area contributed by atoms with E-state index < -0.39 is 0 Å². The number of benzene rings is 1. The standard InChI is InChI=1S/C12H13FN2S/c1-7-4-8(7)6-14-12-15-10-3-2-9(13)5-11(10)16-12/h2-3,5,7-8H,4,6H2,1H3,(H,14,15). The zero-order valence-corrected chi connectivity index (χ0v) is 9.85. The fraction of sp³-hybridized carbons (Fsp3) is 0.417. The van der Waals surface area contributed by atoms with Crippen molar-refractivity contribution in [1.29, 1.82) is 0 Å². The molecule has 1 aliphatic rings. The minimum absolute atomic E-state index is 0.196. The summed E-state index contributed by atoms with van der Waals surface area (Å²) in [6.45, 7) is 3.25. The highest BCUT2D eigenvalue weighted by atomic mass is 32.1. The Labute approximate surface area is 97.5 Å². The monoisotopic (exact) mass is 236 g/mol. The van der Waals surface area contributed by atoms with Crippen LogP contribution in [0.2, 0.25) is 0 Å². The van der Waals surface area contributed by atoms with Crippen molar-refractivity contribution in [3.05, 3.63) is 24.0 Å². The molecule has 0 amide bonds. The lowest BCUT2D eigenvalue weighted by Crippen LogP contribution is -2.03. The second kappa shape index (κ2) is 3.70. The van der Waals surface area contributed by atoms with E-state index in [4.69, 9.17) is 0 Å². The lowest BCUT2D eigenvalue weighted by atomic mass is 10.3. The molecule has 16 heavy (non-hydrogen) atoms. The topological polar surface area (TPSA) is 24.9 Å². The molecule has 0 bridgehead atoms. The van der Waals surface area contributed by atoms with Crippen LogP contribution in [0.4, 0.5) is 9.52 Å². The van der Waals surface area contributed by atoms with E-state index in [1.807, 2.05) is 0 Å². The highest BCUT2D eigenvalue weighted by Gasteiger charge is 2.32. The molecule has 4 heteroatoms. The third-order valence-electron chi connectivity index (χ3n) is 3.14. The maximum Gasteiger partial charge on any atom is 0.183 e. The summed E-state index contributed by atoms with van der Waals surface area (Å²) >= 11 is 1.52. The Morgan fingerprint density at radius 1 is 1.56 bits per heavy atom. The first-order valence-electron chi connectivity index (χ1n) is 5.52. The average Bonchev–Trinajstić information content (AvgIpc) is 2.81. The number of anilines is 1. The maximum atomic E-state index is 13.0. The van der Waals surface area contributed by atoms with Crippen LogP contribution in [0.3, 0.4) is 0 Å². The number of nitrogens with zero attached hydrogens (tertiary/aromatic N) is 1. The van der Waals surface area contributed by atoms with Crippen LogP contribution in [0.25, 0.3) is 10.2 Å². The molecule has 2 aromatic rings. The molecule has 2 unspecified atom stereocenters. The van der Waals surface area contributed by atoms with Crippen LogP contribution in [-0.2, 0) is 0 Å². The second-order valence-corrected chi connectivity index (χ2v) is 5.52. The normalized spacial score (nSPS) is 23.6. The molecule has 0 aliphatic heterocycles. The number of fused-ring (bicyclic) bond motifs is 1. The van der Waals surface area contributed by atoms with Crippen molar-refractivity contribution in [3.8, 4) is 0 Å². The Kier molecular flexibility index (Phi) is 2.32. The summed E-state index contributed by atoms with van der Waals surface area (Å²) in [5.74, 6) is 1.45. The van der Waals surface area contributed by atoms with Gasteiger partial charge in [0.2, 0.25) is 0 Å². The van der Waals surface area contributed by atoms with Gasteiger partial charge in [-0.25, -0.2) is 9.37 Å². The van der Waals surface area contributed by atoms with Crippen molar-refractivity contribution < 1.29 is 4.39 Å². The molecule has 2 nitrogen and oxygen atoms in total. The van der Waals surface area contributed by atoms with Gasteiger partial charge in [-0.2, -0.15) is 0 Å². The van der Waals surface area contributed by atoms with Crippen LogP contribution in [0, 0.1) is 17.7 Å². The van der Waals surface area contributed by atoms with Gasteiger partial charge in [-0.3, -0.25) is 0 Å². The molecule has 1 aliphatic carbocycles. The van der Waals surface area contributed by atoms with E-state index in [2.05, 4.69) is 17.2 Å². The first-order valence-corrected chi connectivity index (χ1v) is 6.34. The third kappa shape index (κ3) is 1.89. The third-order valence-corrected chi connectivity index (χ3v) is 4.12. The highest BCUT2D eigenvalue weighted by Crippen LogP contribution is 2.38. The van der Waals surface area contributed by atoms with Crippen molar-refractivity contribution in [1.82, 2.24) is 4.98 Å². The smallest absolute Gasteiger partial charge is 0.183 e. The zero-order chi connectivity index (χ0) is 11.1. The van der Waals surface area contributed by atoms with Gasteiger partial charge in [-0.15, -0.1) is 0 Å². The van der Waals surface area contributed by atoms with E-state index in [1.54, 1.807) is 6.07 Å². The Balaban J connectivity index is 1.77.